The van der Waals surface area contributed by atoms with E-state index in [1.807, 2.05) is 37.3 Å². The zero-order valence-electron chi connectivity index (χ0n) is 20.9. The fourth-order valence-electron chi connectivity index (χ4n) is 3.79. The lowest BCUT2D eigenvalue weighted by atomic mass is 10.1. The number of imide groups is 1. The van der Waals surface area contributed by atoms with Crippen LogP contribution in [0, 0.1) is 0 Å². The van der Waals surface area contributed by atoms with Gasteiger partial charge in [0.1, 0.15) is 10.7 Å². The van der Waals surface area contributed by atoms with Crippen LogP contribution in [0.4, 0.5) is 17.1 Å². The van der Waals surface area contributed by atoms with Crippen molar-refractivity contribution in [3.05, 3.63) is 101 Å². The van der Waals surface area contributed by atoms with E-state index in [1.54, 1.807) is 31.3 Å². The molecule has 0 bridgehead atoms. The van der Waals surface area contributed by atoms with Crippen molar-refractivity contribution in [2.24, 2.45) is 0 Å². The molecule has 8 nitrogen and oxygen atoms in total. The molecule has 9 heteroatoms. The van der Waals surface area contributed by atoms with Crippen LogP contribution in [0.5, 0.6) is 0 Å². The Morgan fingerprint density at radius 2 is 1.53 bits per heavy atom. The normalized spacial score (nSPS) is 13.1. The summed E-state index contributed by atoms with van der Waals surface area (Å²) in [4.78, 5) is 53.3. The van der Waals surface area contributed by atoms with Gasteiger partial charge in [-0.25, -0.2) is 9.69 Å². The molecule has 0 atom stereocenters. The van der Waals surface area contributed by atoms with Crippen molar-refractivity contribution in [2.45, 2.75) is 19.8 Å². The van der Waals surface area contributed by atoms with Gasteiger partial charge in [-0.1, -0.05) is 43.1 Å². The van der Waals surface area contributed by atoms with Gasteiger partial charge in [-0.15, -0.1) is 0 Å². The summed E-state index contributed by atoms with van der Waals surface area (Å²) in [6.07, 6.45) is 1.67. The number of nitrogens with zero attached hydrogens (tertiary/aromatic N) is 2. The molecule has 0 spiro atoms. The van der Waals surface area contributed by atoms with Crippen molar-refractivity contribution in [3.63, 3.8) is 0 Å². The number of anilines is 3. The van der Waals surface area contributed by atoms with E-state index in [-0.39, 0.29) is 22.3 Å². The first-order valence-electron chi connectivity index (χ1n) is 12.1. The highest BCUT2D eigenvalue weighted by atomic mass is 35.5. The Labute approximate surface area is 225 Å². The highest BCUT2D eigenvalue weighted by Crippen LogP contribution is 2.30. The number of nitrogens with one attached hydrogen (secondary N) is 1. The van der Waals surface area contributed by atoms with Crippen LogP contribution in [0.2, 0.25) is 0 Å². The highest BCUT2D eigenvalue weighted by molar-refractivity contribution is 6.53. The Kier molecular flexibility index (Phi) is 8.23. The first-order valence-corrected chi connectivity index (χ1v) is 12.5. The lowest BCUT2D eigenvalue weighted by Gasteiger charge is -2.17. The molecule has 0 unspecified atom stereocenters. The molecule has 3 aromatic carbocycles. The number of amides is 3. The summed E-state index contributed by atoms with van der Waals surface area (Å²) >= 11 is 6.23. The van der Waals surface area contributed by atoms with Crippen LogP contribution in [0.3, 0.4) is 0 Å². The Morgan fingerprint density at radius 3 is 2.16 bits per heavy atom. The number of carbonyl (C=O) groups is 4. The SMILES string of the molecule is CCCCOC(=O)c1ccc(N2C(=O)C(Cl)=C(Nc3ccc(C(=O)N(C)c4ccccc4)cc3)C2=O)cc1. The zero-order valence-corrected chi connectivity index (χ0v) is 21.7. The van der Waals surface area contributed by atoms with Crippen LogP contribution in [0.15, 0.2) is 89.6 Å². The molecular weight excluding hydrogens is 506 g/mol. The minimum Gasteiger partial charge on any atom is -0.462 e. The predicted octanol–water partition coefficient (Wildman–Crippen LogP) is 5.36. The third kappa shape index (κ3) is 5.60. The molecule has 1 aliphatic rings. The summed E-state index contributed by atoms with van der Waals surface area (Å²) in [7, 11) is 1.69. The van der Waals surface area contributed by atoms with Gasteiger partial charge >= 0.3 is 5.97 Å². The molecule has 0 aliphatic carbocycles. The molecular formula is C29H26ClN3O5. The number of ether oxygens (including phenoxy) is 1. The van der Waals surface area contributed by atoms with Crippen molar-refractivity contribution >= 4 is 52.4 Å². The van der Waals surface area contributed by atoms with E-state index in [0.717, 1.165) is 23.4 Å². The highest BCUT2D eigenvalue weighted by Gasteiger charge is 2.39. The van der Waals surface area contributed by atoms with Crippen molar-refractivity contribution < 1.29 is 23.9 Å². The maximum atomic E-state index is 13.1. The smallest absolute Gasteiger partial charge is 0.338 e. The lowest BCUT2D eigenvalue weighted by molar-refractivity contribution is -0.120. The quantitative estimate of drug-likeness (QED) is 0.227. The molecule has 4 rings (SSSR count). The minimum atomic E-state index is -0.686. The summed E-state index contributed by atoms with van der Waals surface area (Å²) in [6, 6.07) is 21.7. The number of hydrogen-bond donors (Lipinski definition) is 1. The average Bonchev–Trinajstić information content (AvgIpc) is 3.16. The van der Waals surface area contributed by atoms with E-state index in [9.17, 15) is 19.2 Å². The van der Waals surface area contributed by atoms with E-state index in [0.29, 0.717) is 23.4 Å². The number of hydrogen-bond acceptors (Lipinski definition) is 6. The maximum absolute atomic E-state index is 13.1. The number of esters is 1. The summed E-state index contributed by atoms with van der Waals surface area (Å²) in [5, 5.41) is 2.63. The molecule has 0 saturated carbocycles. The maximum Gasteiger partial charge on any atom is 0.338 e. The number of halogens is 1. The van der Waals surface area contributed by atoms with E-state index >= 15 is 0 Å². The second-order valence-electron chi connectivity index (χ2n) is 8.57. The van der Waals surface area contributed by atoms with Gasteiger partial charge in [-0.05, 0) is 67.1 Å². The Balaban J connectivity index is 1.44. The van der Waals surface area contributed by atoms with E-state index < -0.39 is 17.8 Å². The predicted molar refractivity (Wildman–Crippen MR) is 146 cm³/mol. The van der Waals surface area contributed by atoms with Crippen molar-refractivity contribution in [3.8, 4) is 0 Å². The zero-order chi connectivity index (χ0) is 27.2. The minimum absolute atomic E-state index is 0.0831. The average molecular weight is 532 g/mol. The van der Waals surface area contributed by atoms with Crippen LogP contribution in [0.25, 0.3) is 0 Å². The van der Waals surface area contributed by atoms with Gasteiger partial charge in [0.25, 0.3) is 17.7 Å². The second-order valence-corrected chi connectivity index (χ2v) is 8.95. The van der Waals surface area contributed by atoms with E-state index in [1.165, 1.54) is 29.2 Å². The number of unbranched alkanes of at least 4 members (excludes halogenated alkanes) is 1. The molecule has 0 aromatic heterocycles. The molecule has 1 N–H and O–H groups in total. The monoisotopic (exact) mass is 531 g/mol. The Morgan fingerprint density at radius 1 is 0.895 bits per heavy atom. The Hall–Kier alpha value is -4.43. The molecule has 194 valence electrons. The van der Waals surface area contributed by atoms with E-state index in [2.05, 4.69) is 5.32 Å². The van der Waals surface area contributed by atoms with Gasteiger partial charge in [0.2, 0.25) is 0 Å². The number of rotatable bonds is 9. The fourth-order valence-corrected chi connectivity index (χ4v) is 4.00. The standard InChI is InChI=1S/C29H26ClN3O5/c1-3-4-18-38-29(37)20-12-16-23(17-13-20)33-27(35)24(30)25(28(33)36)31-21-14-10-19(11-15-21)26(34)32(2)22-8-6-5-7-9-22/h5-17,31H,3-4,18H2,1-2H3. The Bertz CT molecular complexity index is 1390. The summed E-state index contributed by atoms with van der Waals surface area (Å²) in [5.41, 5.74) is 2.18. The molecule has 1 aliphatic heterocycles. The molecule has 3 aromatic rings. The van der Waals surface area contributed by atoms with Gasteiger partial charge in [0.15, 0.2) is 0 Å². The van der Waals surface area contributed by atoms with E-state index in [4.69, 9.17) is 16.3 Å². The van der Waals surface area contributed by atoms with Crippen molar-refractivity contribution in [1.29, 1.82) is 0 Å². The van der Waals surface area contributed by atoms with Crippen LogP contribution < -0.4 is 15.1 Å². The first-order chi connectivity index (χ1) is 18.3. The van der Waals surface area contributed by atoms with Crippen LogP contribution >= 0.6 is 11.6 Å². The molecule has 1 heterocycles. The molecule has 3 amide bonds. The number of benzene rings is 3. The summed E-state index contributed by atoms with van der Waals surface area (Å²) in [5.74, 6) is -1.99. The first kappa shape index (κ1) is 26.6. The van der Waals surface area contributed by atoms with Gasteiger partial charge in [-0.3, -0.25) is 14.4 Å². The van der Waals surface area contributed by atoms with Crippen molar-refractivity contribution in [1.82, 2.24) is 0 Å². The van der Waals surface area contributed by atoms with Gasteiger partial charge < -0.3 is 15.0 Å². The molecule has 0 radical (unpaired) electrons. The summed E-state index contributed by atoms with van der Waals surface area (Å²) < 4.78 is 5.19. The van der Waals surface area contributed by atoms with Gasteiger partial charge in [0.05, 0.1) is 17.9 Å². The fraction of sp³-hybridized carbons (Fsp3) is 0.172. The molecule has 0 saturated heterocycles. The third-order valence-corrected chi connectivity index (χ3v) is 6.32. The lowest BCUT2D eigenvalue weighted by Crippen LogP contribution is -2.32. The summed E-state index contributed by atoms with van der Waals surface area (Å²) in [6.45, 7) is 2.32. The molecule has 38 heavy (non-hydrogen) atoms. The van der Waals surface area contributed by atoms with Crippen molar-refractivity contribution in [2.75, 3.05) is 28.8 Å². The van der Waals surface area contributed by atoms with Crippen LogP contribution in [-0.2, 0) is 14.3 Å². The number of para-hydroxylation sites is 1. The molecule has 0 fully saturated rings. The van der Waals surface area contributed by atoms with Gasteiger partial charge in [0, 0.05) is 24.0 Å². The largest absolute Gasteiger partial charge is 0.462 e. The topological polar surface area (TPSA) is 96.0 Å². The number of carbonyl (C=O) groups excluding carboxylic acids is 4. The third-order valence-electron chi connectivity index (χ3n) is 5.97. The second kappa shape index (κ2) is 11.7. The van der Waals surface area contributed by atoms with Gasteiger partial charge in [-0.2, -0.15) is 0 Å². The van der Waals surface area contributed by atoms with Crippen LogP contribution in [-0.4, -0.2) is 37.3 Å². The van der Waals surface area contributed by atoms with Crippen LogP contribution in [0.1, 0.15) is 40.5 Å².